The van der Waals surface area contributed by atoms with Gasteiger partial charge < -0.3 is 9.57 Å². The van der Waals surface area contributed by atoms with Crippen LogP contribution in [0.5, 0.6) is 0 Å². The van der Waals surface area contributed by atoms with Crippen LogP contribution in [0, 0.1) is 10.1 Å². The van der Waals surface area contributed by atoms with Gasteiger partial charge in [-0.1, -0.05) is 21.6 Å². The molecular weight excluding hydrogens is 278 g/mol. The first-order chi connectivity index (χ1) is 8.31. The van der Waals surface area contributed by atoms with Crippen LogP contribution in [0.3, 0.4) is 0 Å². The third-order valence-corrected chi connectivity index (χ3v) is 3.93. The van der Waals surface area contributed by atoms with Crippen LogP contribution in [0.1, 0.15) is 33.6 Å². The lowest BCUT2D eigenvalue weighted by atomic mass is 10.2. The van der Waals surface area contributed by atoms with Crippen LogP contribution in [-0.4, -0.2) is 34.8 Å². The normalized spacial score (nSPS) is 11.1. The Bertz CT molecular complexity index is 267. The van der Waals surface area contributed by atoms with Crippen molar-refractivity contribution in [2.45, 2.75) is 39.2 Å². The summed E-state index contributed by atoms with van der Waals surface area (Å²) in [5.74, 6) is 1.17. The minimum absolute atomic E-state index is 0.0940. The second kappa shape index (κ2) is 9.32. The molecule has 0 aromatic heterocycles. The summed E-state index contributed by atoms with van der Waals surface area (Å²) in [6.07, 6.45) is 1.14. The molecule has 0 fully saturated rings. The van der Waals surface area contributed by atoms with Gasteiger partial charge in [-0.15, -0.1) is 10.1 Å². The molecular formula is C10H19NO5S2. The largest absolute Gasteiger partial charge is 0.460 e. The molecule has 106 valence electrons. The molecule has 0 spiro atoms. The predicted molar refractivity (Wildman–Crippen MR) is 72.9 cm³/mol. The van der Waals surface area contributed by atoms with Crippen molar-refractivity contribution < 1.29 is 19.5 Å². The summed E-state index contributed by atoms with van der Waals surface area (Å²) < 4.78 is 5.16. The zero-order chi connectivity index (χ0) is 14.0. The number of esters is 1. The van der Waals surface area contributed by atoms with Crippen molar-refractivity contribution in [2.75, 3.05) is 18.1 Å². The topological polar surface area (TPSA) is 78.7 Å². The zero-order valence-corrected chi connectivity index (χ0v) is 12.5. The SMILES string of the molecule is CC(C)(C)OC(=O)CCCSSCCO[N+](=O)[O-]. The molecule has 18 heavy (non-hydrogen) atoms. The van der Waals surface area contributed by atoms with Gasteiger partial charge >= 0.3 is 5.97 Å². The van der Waals surface area contributed by atoms with Gasteiger partial charge in [-0.25, -0.2) is 0 Å². The van der Waals surface area contributed by atoms with Gasteiger partial charge in [-0.05, 0) is 27.2 Å². The molecule has 0 N–H and O–H groups in total. The van der Waals surface area contributed by atoms with E-state index >= 15 is 0 Å². The van der Waals surface area contributed by atoms with E-state index in [0.717, 1.165) is 12.2 Å². The van der Waals surface area contributed by atoms with E-state index in [1.807, 2.05) is 20.8 Å². The number of hydrogen-bond acceptors (Lipinski definition) is 7. The van der Waals surface area contributed by atoms with E-state index in [-0.39, 0.29) is 12.6 Å². The summed E-state index contributed by atoms with van der Waals surface area (Å²) in [4.78, 5) is 25.3. The average molecular weight is 297 g/mol. The van der Waals surface area contributed by atoms with Crippen molar-refractivity contribution in [3.63, 3.8) is 0 Å². The third kappa shape index (κ3) is 13.4. The Kier molecular flexibility index (Phi) is 8.99. The van der Waals surface area contributed by atoms with Gasteiger partial charge in [0, 0.05) is 17.9 Å². The molecule has 0 aliphatic carbocycles. The molecule has 8 heteroatoms. The molecule has 6 nitrogen and oxygen atoms in total. The van der Waals surface area contributed by atoms with Gasteiger partial charge in [0.2, 0.25) is 0 Å². The van der Waals surface area contributed by atoms with Crippen LogP contribution >= 0.6 is 21.6 Å². The Balaban J connectivity index is 3.30. The lowest BCUT2D eigenvalue weighted by Gasteiger charge is -2.19. The van der Waals surface area contributed by atoms with Crippen LogP contribution in [-0.2, 0) is 14.4 Å². The maximum absolute atomic E-state index is 11.3. The minimum atomic E-state index is -0.798. The number of nitrogens with zero attached hydrogens (tertiary/aromatic N) is 1. The third-order valence-electron chi connectivity index (χ3n) is 1.48. The monoisotopic (exact) mass is 297 g/mol. The van der Waals surface area contributed by atoms with Crippen molar-refractivity contribution in [1.29, 1.82) is 0 Å². The first-order valence-electron chi connectivity index (χ1n) is 5.55. The quantitative estimate of drug-likeness (QED) is 0.213. The number of ether oxygens (including phenoxy) is 1. The molecule has 0 amide bonds. The Hall–Kier alpha value is -0.630. The van der Waals surface area contributed by atoms with Crippen LogP contribution in [0.25, 0.3) is 0 Å². The van der Waals surface area contributed by atoms with E-state index in [2.05, 4.69) is 4.84 Å². The van der Waals surface area contributed by atoms with E-state index in [1.165, 1.54) is 10.8 Å². The fourth-order valence-corrected chi connectivity index (χ4v) is 2.84. The first-order valence-corrected chi connectivity index (χ1v) is 8.03. The molecule has 0 unspecified atom stereocenters. The van der Waals surface area contributed by atoms with Crippen LogP contribution in [0.2, 0.25) is 0 Å². The van der Waals surface area contributed by atoms with Gasteiger partial charge in [0.15, 0.2) is 0 Å². The number of carbonyl (C=O) groups is 1. The molecule has 0 aliphatic rings. The summed E-state index contributed by atoms with van der Waals surface area (Å²) in [7, 11) is 3.07. The average Bonchev–Trinajstić information content (AvgIpc) is 2.18. The lowest BCUT2D eigenvalue weighted by Crippen LogP contribution is -2.23. The predicted octanol–water partition coefficient (Wildman–Crippen LogP) is 2.70. The van der Waals surface area contributed by atoms with Gasteiger partial charge in [-0.2, -0.15) is 0 Å². The highest BCUT2D eigenvalue weighted by Crippen LogP contribution is 2.22. The lowest BCUT2D eigenvalue weighted by molar-refractivity contribution is -0.756. The molecule has 0 aliphatic heterocycles. The fourth-order valence-electron chi connectivity index (χ4n) is 0.932. The van der Waals surface area contributed by atoms with E-state index in [4.69, 9.17) is 4.74 Å². The van der Waals surface area contributed by atoms with Crippen LogP contribution in [0.4, 0.5) is 0 Å². The molecule has 0 rings (SSSR count). The van der Waals surface area contributed by atoms with E-state index in [9.17, 15) is 14.9 Å². The Morgan fingerprint density at radius 2 is 1.89 bits per heavy atom. The maximum Gasteiger partial charge on any atom is 0.306 e. The summed E-state index contributed by atoms with van der Waals surface area (Å²) in [5.41, 5.74) is -0.432. The molecule has 0 aromatic rings. The first kappa shape index (κ1) is 17.4. The molecule has 0 saturated heterocycles. The van der Waals surface area contributed by atoms with E-state index in [0.29, 0.717) is 12.2 Å². The highest BCUT2D eigenvalue weighted by Gasteiger charge is 2.15. The van der Waals surface area contributed by atoms with Crippen LogP contribution < -0.4 is 0 Å². The number of hydrogen-bond donors (Lipinski definition) is 0. The smallest absolute Gasteiger partial charge is 0.306 e. The summed E-state index contributed by atoms with van der Waals surface area (Å²) in [6, 6.07) is 0. The van der Waals surface area contributed by atoms with Gasteiger partial charge in [0.1, 0.15) is 12.2 Å². The van der Waals surface area contributed by atoms with Crippen molar-refractivity contribution in [2.24, 2.45) is 0 Å². The van der Waals surface area contributed by atoms with Gasteiger partial charge in [0.25, 0.3) is 5.09 Å². The van der Waals surface area contributed by atoms with Crippen molar-refractivity contribution in [1.82, 2.24) is 0 Å². The van der Waals surface area contributed by atoms with Crippen molar-refractivity contribution >= 4 is 27.6 Å². The summed E-state index contributed by atoms with van der Waals surface area (Å²) in [6.45, 7) is 5.61. The second-order valence-electron chi connectivity index (χ2n) is 4.39. The van der Waals surface area contributed by atoms with Crippen LogP contribution in [0.15, 0.2) is 0 Å². The van der Waals surface area contributed by atoms with E-state index in [1.54, 1.807) is 10.8 Å². The molecule has 0 atom stereocenters. The van der Waals surface area contributed by atoms with Crippen molar-refractivity contribution in [3.05, 3.63) is 10.1 Å². The Labute approximate surface area is 115 Å². The molecule has 0 aromatic carbocycles. The fraction of sp³-hybridized carbons (Fsp3) is 0.900. The van der Waals surface area contributed by atoms with E-state index < -0.39 is 10.7 Å². The zero-order valence-electron chi connectivity index (χ0n) is 10.8. The standard InChI is InChI=1S/C10H19NO5S2/c1-10(2,3)16-9(12)5-4-7-17-18-8-6-15-11(13)14/h4-8H2,1-3H3. The molecule has 0 saturated carbocycles. The highest BCUT2D eigenvalue weighted by atomic mass is 33.1. The minimum Gasteiger partial charge on any atom is -0.460 e. The highest BCUT2D eigenvalue weighted by molar-refractivity contribution is 8.76. The van der Waals surface area contributed by atoms with Gasteiger partial charge in [0.05, 0.1) is 0 Å². The van der Waals surface area contributed by atoms with Gasteiger partial charge in [-0.3, -0.25) is 4.79 Å². The molecule has 0 heterocycles. The maximum atomic E-state index is 11.3. The summed E-state index contributed by atoms with van der Waals surface area (Å²) >= 11 is 0. The second-order valence-corrected chi connectivity index (χ2v) is 7.09. The molecule has 0 radical (unpaired) electrons. The number of carbonyl (C=O) groups excluding carboxylic acids is 1. The Morgan fingerprint density at radius 1 is 1.28 bits per heavy atom. The number of rotatable bonds is 9. The van der Waals surface area contributed by atoms with Crippen molar-refractivity contribution in [3.8, 4) is 0 Å². The molecule has 0 bridgehead atoms. The summed E-state index contributed by atoms with van der Waals surface area (Å²) in [5, 5.41) is 9.04. The Morgan fingerprint density at radius 3 is 2.44 bits per heavy atom.